The SMILES string of the molecule is OCC1CN(c2ncc(Br)cc2Cl)C1. The van der Waals surface area contributed by atoms with Gasteiger partial charge in [-0.1, -0.05) is 11.6 Å². The first-order valence-corrected chi connectivity index (χ1v) is 5.54. The van der Waals surface area contributed by atoms with Gasteiger partial charge in [-0.15, -0.1) is 0 Å². The summed E-state index contributed by atoms with van der Waals surface area (Å²) in [6, 6.07) is 1.83. The Kier molecular flexibility index (Phi) is 2.95. The summed E-state index contributed by atoms with van der Waals surface area (Å²) >= 11 is 9.34. The van der Waals surface area contributed by atoms with Crippen molar-refractivity contribution in [2.75, 3.05) is 24.6 Å². The quantitative estimate of drug-likeness (QED) is 0.897. The summed E-state index contributed by atoms with van der Waals surface area (Å²) < 4.78 is 0.880. The minimum Gasteiger partial charge on any atom is -0.396 e. The summed E-state index contributed by atoms with van der Waals surface area (Å²) in [6.45, 7) is 1.92. The molecule has 0 aliphatic carbocycles. The molecule has 0 unspecified atom stereocenters. The maximum atomic E-state index is 8.88. The van der Waals surface area contributed by atoms with Crippen LogP contribution in [0.3, 0.4) is 0 Å². The van der Waals surface area contributed by atoms with E-state index in [-0.39, 0.29) is 6.61 Å². The van der Waals surface area contributed by atoms with Crippen LogP contribution in [0.25, 0.3) is 0 Å². The zero-order chi connectivity index (χ0) is 10.1. The Bertz CT molecular complexity index is 342. The van der Waals surface area contributed by atoms with Crippen LogP contribution >= 0.6 is 27.5 Å². The van der Waals surface area contributed by atoms with Gasteiger partial charge in [0.2, 0.25) is 0 Å². The number of rotatable bonds is 2. The van der Waals surface area contributed by atoms with Crippen molar-refractivity contribution in [2.45, 2.75) is 0 Å². The van der Waals surface area contributed by atoms with E-state index in [4.69, 9.17) is 16.7 Å². The van der Waals surface area contributed by atoms with Crippen LogP contribution in [0.1, 0.15) is 0 Å². The first-order valence-electron chi connectivity index (χ1n) is 4.37. The molecule has 1 aromatic heterocycles. The lowest BCUT2D eigenvalue weighted by atomic mass is 10.0. The number of pyridine rings is 1. The predicted molar refractivity (Wildman–Crippen MR) is 59.7 cm³/mol. The van der Waals surface area contributed by atoms with Crippen LogP contribution in [0.5, 0.6) is 0 Å². The number of halogens is 2. The zero-order valence-electron chi connectivity index (χ0n) is 7.45. The third-order valence-corrected chi connectivity index (χ3v) is 3.02. The minimum absolute atomic E-state index is 0.241. The summed E-state index contributed by atoms with van der Waals surface area (Å²) in [5.74, 6) is 1.18. The van der Waals surface area contributed by atoms with E-state index < -0.39 is 0 Å². The van der Waals surface area contributed by atoms with Crippen LogP contribution in [0.4, 0.5) is 5.82 Å². The molecule has 2 rings (SSSR count). The Morgan fingerprint density at radius 3 is 2.93 bits per heavy atom. The van der Waals surface area contributed by atoms with Gasteiger partial charge in [0.05, 0.1) is 5.02 Å². The molecule has 1 saturated heterocycles. The van der Waals surface area contributed by atoms with Crippen LogP contribution in [0.15, 0.2) is 16.7 Å². The molecule has 1 aliphatic rings. The maximum Gasteiger partial charge on any atom is 0.147 e. The molecule has 0 bridgehead atoms. The lowest BCUT2D eigenvalue weighted by Gasteiger charge is -2.39. The van der Waals surface area contributed by atoms with Crippen molar-refractivity contribution in [3.8, 4) is 0 Å². The predicted octanol–water partition coefficient (Wildman–Crippen LogP) is 1.93. The van der Waals surface area contributed by atoms with Crippen molar-refractivity contribution < 1.29 is 5.11 Å². The molecular formula is C9H10BrClN2O. The van der Waals surface area contributed by atoms with E-state index in [2.05, 4.69) is 25.8 Å². The Labute approximate surface area is 95.8 Å². The van der Waals surface area contributed by atoms with Gasteiger partial charge < -0.3 is 10.0 Å². The molecule has 14 heavy (non-hydrogen) atoms. The van der Waals surface area contributed by atoms with Gasteiger partial charge in [-0.25, -0.2) is 4.98 Å². The van der Waals surface area contributed by atoms with Crippen LogP contribution < -0.4 is 4.90 Å². The van der Waals surface area contributed by atoms with Crippen LogP contribution in [-0.2, 0) is 0 Å². The number of aliphatic hydroxyl groups excluding tert-OH is 1. The molecule has 76 valence electrons. The summed E-state index contributed by atoms with van der Waals surface area (Å²) in [5.41, 5.74) is 0. The van der Waals surface area contributed by atoms with Crippen molar-refractivity contribution in [3.05, 3.63) is 21.8 Å². The Morgan fingerprint density at radius 1 is 1.64 bits per heavy atom. The third kappa shape index (κ3) is 1.87. The van der Waals surface area contributed by atoms with Gasteiger partial charge in [0.15, 0.2) is 0 Å². The largest absolute Gasteiger partial charge is 0.396 e. The van der Waals surface area contributed by atoms with Crippen molar-refractivity contribution in [3.63, 3.8) is 0 Å². The van der Waals surface area contributed by atoms with Gasteiger partial charge >= 0.3 is 0 Å². The molecule has 3 nitrogen and oxygen atoms in total. The second-order valence-electron chi connectivity index (χ2n) is 3.41. The molecular weight excluding hydrogens is 267 g/mol. The monoisotopic (exact) mass is 276 g/mol. The van der Waals surface area contributed by atoms with Gasteiger partial charge in [0.1, 0.15) is 5.82 Å². The fourth-order valence-corrected chi connectivity index (χ4v) is 2.25. The van der Waals surface area contributed by atoms with E-state index in [0.29, 0.717) is 10.9 Å². The number of anilines is 1. The normalized spacial score (nSPS) is 16.9. The number of hydrogen-bond acceptors (Lipinski definition) is 3. The van der Waals surface area contributed by atoms with Gasteiger partial charge in [-0.3, -0.25) is 0 Å². The van der Waals surface area contributed by atoms with Gasteiger partial charge in [0.25, 0.3) is 0 Å². The van der Waals surface area contributed by atoms with Gasteiger partial charge in [-0.05, 0) is 22.0 Å². The average Bonchev–Trinajstić information content (AvgIpc) is 2.06. The molecule has 1 N–H and O–H groups in total. The zero-order valence-corrected chi connectivity index (χ0v) is 9.79. The molecule has 2 heterocycles. The molecule has 0 saturated carbocycles. The minimum atomic E-state index is 0.241. The highest BCUT2D eigenvalue weighted by Gasteiger charge is 2.28. The summed E-state index contributed by atoms with van der Waals surface area (Å²) in [6.07, 6.45) is 1.73. The molecule has 0 amide bonds. The summed E-state index contributed by atoms with van der Waals surface area (Å²) in [5, 5.41) is 9.53. The molecule has 1 aromatic rings. The average molecular weight is 278 g/mol. The van der Waals surface area contributed by atoms with Crippen LogP contribution in [0, 0.1) is 5.92 Å². The first kappa shape index (κ1) is 10.2. The van der Waals surface area contributed by atoms with E-state index in [1.54, 1.807) is 6.20 Å². The summed E-state index contributed by atoms with van der Waals surface area (Å²) in [4.78, 5) is 6.30. The molecule has 1 fully saturated rings. The van der Waals surface area contributed by atoms with Gasteiger partial charge in [-0.2, -0.15) is 0 Å². The molecule has 1 aliphatic heterocycles. The molecule has 0 spiro atoms. The molecule has 0 aromatic carbocycles. The highest BCUT2D eigenvalue weighted by molar-refractivity contribution is 9.10. The number of aliphatic hydroxyl groups is 1. The van der Waals surface area contributed by atoms with E-state index >= 15 is 0 Å². The topological polar surface area (TPSA) is 36.4 Å². The Morgan fingerprint density at radius 2 is 2.36 bits per heavy atom. The lowest BCUT2D eigenvalue weighted by molar-refractivity contribution is 0.200. The van der Waals surface area contributed by atoms with Crippen molar-refractivity contribution in [1.82, 2.24) is 4.98 Å². The van der Waals surface area contributed by atoms with Crippen LogP contribution in [-0.4, -0.2) is 29.8 Å². The smallest absolute Gasteiger partial charge is 0.147 e. The second-order valence-corrected chi connectivity index (χ2v) is 4.74. The maximum absolute atomic E-state index is 8.88. The summed E-state index contributed by atoms with van der Waals surface area (Å²) in [7, 11) is 0. The van der Waals surface area contributed by atoms with Gasteiger partial charge in [0, 0.05) is 36.3 Å². The fourth-order valence-electron chi connectivity index (χ4n) is 1.50. The fraction of sp³-hybridized carbons (Fsp3) is 0.444. The van der Waals surface area contributed by atoms with Crippen molar-refractivity contribution in [2.24, 2.45) is 5.92 Å². The van der Waals surface area contributed by atoms with Crippen LogP contribution in [0.2, 0.25) is 5.02 Å². The molecule has 5 heteroatoms. The molecule has 0 radical (unpaired) electrons. The standard InChI is InChI=1S/C9H10BrClN2O/c10-7-1-8(11)9(12-2-7)13-3-6(4-13)5-14/h1-2,6,14H,3-5H2. The number of nitrogens with zero attached hydrogens (tertiary/aromatic N) is 2. The van der Waals surface area contributed by atoms with E-state index in [9.17, 15) is 0 Å². The molecule has 0 atom stereocenters. The highest BCUT2D eigenvalue weighted by Crippen LogP contribution is 2.30. The van der Waals surface area contributed by atoms with E-state index in [1.807, 2.05) is 6.07 Å². The second kappa shape index (κ2) is 4.04. The van der Waals surface area contributed by atoms with Crippen molar-refractivity contribution >= 4 is 33.3 Å². The van der Waals surface area contributed by atoms with E-state index in [0.717, 1.165) is 23.4 Å². The number of aromatic nitrogens is 1. The third-order valence-electron chi connectivity index (χ3n) is 2.30. The Hall–Kier alpha value is -0.320. The lowest BCUT2D eigenvalue weighted by Crippen LogP contribution is -2.48. The Balaban J connectivity index is 2.11. The highest BCUT2D eigenvalue weighted by atomic mass is 79.9. The van der Waals surface area contributed by atoms with Crippen molar-refractivity contribution in [1.29, 1.82) is 0 Å². The number of hydrogen-bond donors (Lipinski definition) is 1. The van der Waals surface area contributed by atoms with E-state index in [1.165, 1.54) is 0 Å². The first-order chi connectivity index (χ1) is 6.70.